The lowest BCUT2D eigenvalue weighted by Crippen LogP contribution is -2.38. The normalized spacial score (nSPS) is 13.0. The average molecular weight is 455 g/mol. The lowest BCUT2D eigenvalue weighted by molar-refractivity contribution is -0.140. The van der Waals surface area contributed by atoms with Crippen LogP contribution in [-0.4, -0.2) is 37.7 Å². The number of rotatable bonds is 7. The quantitative estimate of drug-likeness (QED) is 0.311. The molecular weight excluding hydrogens is 436 g/mol. The second kappa shape index (κ2) is 8.89. The van der Waals surface area contributed by atoms with Gasteiger partial charge >= 0.3 is 5.97 Å². The van der Waals surface area contributed by atoms with Crippen LogP contribution < -0.4 is 10.6 Å². The van der Waals surface area contributed by atoms with E-state index in [9.17, 15) is 15.0 Å². The highest BCUT2D eigenvalue weighted by Crippen LogP contribution is 2.37. The number of pyridine rings is 1. The van der Waals surface area contributed by atoms with Gasteiger partial charge in [0.15, 0.2) is 11.9 Å². The van der Waals surface area contributed by atoms with Crippen molar-refractivity contribution in [1.82, 2.24) is 9.36 Å². The van der Waals surface area contributed by atoms with Gasteiger partial charge in [-0.3, -0.25) is 0 Å². The number of hydrogen-bond acceptors (Lipinski definition) is 7. The van der Waals surface area contributed by atoms with Gasteiger partial charge < -0.3 is 20.8 Å². The number of carboxylic acids is 1. The Balaban J connectivity index is 1.61. The smallest absolute Gasteiger partial charge is 0.328 e. The second-order valence-electron chi connectivity index (χ2n) is 6.96. The van der Waals surface area contributed by atoms with E-state index in [1.165, 1.54) is 24.7 Å². The van der Waals surface area contributed by atoms with Crippen molar-refractivity contribution in [2.45, 2.75) is 19.1 Å². The van der Waals surface area contributed by atoms with Crippen molar-refractivity contribution in [2.75, 3.05) is 10.6 Å². The molecule has 0 aliphatic carbocycles. The van der Waals surface area contributed by atoms with Crippen LogP contribution in [0.4, 0.5) is 17.2 Å². The van der Waals surface area contributed by atoms with Gasteiger partial charge in [0.2, 0.25) is 0 Å². The van der Waals surface area contributed by atoms with E-state index in [-0.39, 0.29) is 0 Å². The molecular formula is C22H19ClN4O3S. The monoisotopic (exact) mass is 454 g/mol. The molecule has 0 aliphatic heterocycles. The summed E-state index contributed by atoms with van der Waals surface area (Å²) in [4.78, 5) is 15.7. The van der Waals surface area contributed by atoms with E-state index in [4.69, 9.17) is 11.6 Å². The standard InChI is InChI=1S/C22H19ClN4O3S/c1-12(28)19(22(29)30)25-14-10-17-20(24-11-14)21(27-31-17)26-16-9-5-8-15(18(16)23)13-6-3-2-4-7-13/h2-12,19,25,28H,1H3,(H,26,27)(H,29,30). The molecule has 2 aromatic carbocycles. The van der Waals surface area contributed by atoms with Crippen molar-refractivity contribution in [3.63, 3.8) is 0 Å². The molecule has 4 rings (SSSR count). The summed E-state index contributed by atoms with van der Waals surface area (Å²) < 4.78 is 5.20. The SMILES string of the molecule is CC(O)C(Nc1cnc2c(Nc3cccc(-c4ccccc4)c3Cl)nsc2c1)C(=O)O. The topological polar surface area (TPSA) is 107 Å². The number of aliphatic hydroxyl groups excluding tert-OH is 1. The minimum absolute atomic E-state index is 0.486. The first-order valence-corrected chi connectivity index (χ1v) is 10.6. The van der Waals surface area contributed by atoms with Crippen molar-refractivity contribution >= 4 is 56.5 Å². The van der Waals surface area contributed by atoms with Gasteiger partial charge in [-0.2, -0.15) is 4.37 Å². The summed E-state index contributed by atoms with van der Waals surface area (Å²) in [5, 5.41) is 25.5. The Bertz CT molecular complexity index is 1230. The molecule has 0 amide bonds. The fourth-order valence-electron chi connectivity index (χ4n) is 3.16. The molecule has 2 atom stereocenters. The molecule has 31 heavy (non-hydrogen) atoms. The first-order chi connectivity index (χ1) is 14.9. The third-order valence-electron chi connectivity index (χ3n) is 4.72. The summed E-state index contributed by atoms with van der Waals surface area (Å²) in [7, 11) is 0. The molecule has 0 saturated carbocycles. The van der Waals surface area contributed by atoms with E-state index in [1.807, 2.05) is 48.5 Å². The van der Waals surface area contributed by atoms with Crippen molar-refractivity contribution < 1.29 is 15.0 Å². The van der Waals surface area contributed by atoms with Crippen LogP contribution in [0, 0.1) is 0 Å². The van der Waals surface area contributed by atoms with Crippen LogP contribution in [0.5, 0.6) is 0 Å². The maximum absolute atomic E-state index is 11.3. The fraction of sp³-hybridized carbons (Fsp3) is 0.136. The number of aromatic nitrogens is 2. The Labute approximate surface area is 187 Å². The van der Waals surface area contributed by atoms with Gasteiger partial charge in [-0.15, -0.1) is 0 Å². The number of aliphatic hydroxyl groups is 1. The average Bonchev–Trinajstić information content (AvgIpc) is 3.15. The molecule has 2 aromatic heterocycles. The summed E-state index contributed by atoms with van der Waals surface area (Å²) in [6.45, 7) is 1.42. The summed E-state index contributed by atoms with van der Waals surface area (Å²) in [6.07, 6.45) is 0.452. The Morgan fingerprint density at radius 1 is 1.16 bits per heavy atom. The van der Waals surface area contributed by atoms with Gasteiger partial charge in [-0.05, 0) is 36.2 Å². The summed E-state index contributed by atoms with van der Waals surface area (Å²) in [5.74, 6) is -0.585. The molecule has 2 unspecified atom stereocenters. The summed E-state index contributed by atoms with van der Waals surface area (Å²) in [6, 6.07) is 16.2. The van der Waals surface area contributed by atoms with Crippen LogP contribution in [0.1, 0.15) is 6.92 Å². The Hall–Kier alpha value is -3.20. The minimum atomic E-state index is -1.14. The van der Waals surface area contributed by atoms with Gasteiger partial charge in [-0.1, -0.05) is 54.1 Å². The molecule has 0 aliphatic rings. The van der Waals surface area contributed by atoms with E-state index in [1.54, 1.807) is 6.07 Å². The third-order valence-corrected chi connectivity index (χ3v) is 5.91. The van der Waals surface area contributed by atoms with E-state index >= 15 is 0 Å². The van der Waals surface area contributed by atoms with Gasteiger partial charge in [0.25, 0.3) is 0 Å². The van der Waals surface area contributed by atoms with Crippen LogP contribution in [-0.2, 0) is 4.79 Å². The number of nitrogens with zero attached hydrogens (tertiary/aromatic N) is 2. The summed E-state index contributed by atoms with van der Waals surface area (Å²) >= 11 is 7.89. The molecule has 158 valence electrons. The molecule has 0 spiro atoms. The highest BCUT2D eigenvalue weighted by Gasteiger charge is 2.23. The lowest BCUT2D eigenvalue weighted by atomic mass is 10.1. The van der Waals surface area contributed by atoms with Crippen molar-refractivity contribution in [3.8, 4) is 11.1 Å². The number of nitrogens with one attached hydrogen (secondary N) is 2. The number of benzene rings is 2. The Morgan fingerprint density at radius 2 is 1.94 bits per heavy atom. The molecule has 0 saturated heterocycles. The maximum Gasteiger partial charge on any atom is 0.328 e. The molecule has 0 radical (unpaired) electrons. The zero-order valence-corrected chi connectivity index (χ0v) is 18.0. The number of anilines is 3. The van der Waals surface area contributed by atoms with Gasteiger partial charge in [0.1, 0.15) is 5.52 Å². The summed E-state index contributed by atoms with van der Waals surface area (Å²) in [5.41, 5.74) is 3.75. The molecule has 0 fully saturated rings. The first-order valence-electron chi connectivity index (χ1n) is 9.48. The number of carbonyl (C=O) groups is 1. The Kier molecular flexibility index (Phi) is 6.03. The van der Waals surface area contributed by atoms with E-state index in [2.05, 4.69) is 20.0 Å². The molecule has 4 aromatic rings. The number of carboxylic acid groups (broad SMARTS) is 1. The highest BCUT2D eigenvalue weighted by atomic mass is 35.5. The second-order valence-corrected chi connectivity index (χ2v) is 8.14. The molecule has 7 nitrogen and oxygen atoms in total. The lowest BCUT2D eigenvalue weighted by Gasteiger charge is -2.17. The predicted octanol–water partition coefficient (Wildman–Crippen LogP) is 5.00. The number of halogens is 1. The maximum atomic E-state index is 11.3. The van der Waals surface area contributed by atoms with Crippen molar-refractivity contribution in [3.05, 3.63) is 65.8 Å². The van der Waals surface area contributed by atoms with Gasteiger partial charge in [0, 0.05) is 5.56 Å². The highest BCUT2D eigenvalue weighted by molar-refractivity contribution is 7.13. The molecule has 2 heterocycles. The molecule has 9 heteroatoms. The molecule has 4 N–H and O–H groups in total. The number of hydrogen-bond donors (Lipinski definition) is 4. The Morgan fingerprint density at radius 3 is 2.65 bits per heavy atom. The van der Waals surface area contributed by atoms with Crippen LogP contribution in [0.2, 0.25) is 5.02 Å². The zero-order chi connectivity index (χ0) is 22.0. The van der Waals surface area contributed by atoms with E-state index in [0.717, 1.165) is 15.8 Å². The fourth-order valence-corrected chi connectivity index (χ4v) is 4.18. The van der Waals surface area contributed by atoms with E-state index in [0.29, 0.717) is 27.7 Å². The van der Waals surface area contributed by atoms with Crippen LogP contribution in [0.25, 0.3) is 21.3 Å². The van der Waals surface area contributed by atoms with Crippen molar-refractivity contribution in [1.29, 1.82) is 0 Å². The number of aliphatic carboxylic acids is 1. The zero-order valence-electron chi connectivity index (χ0n) is 16.4. The van der Waals surface area contributed by atoms with Crippen molar-refractivity contribution in [2.24, 2.45) is 0 Å². The largest absolute Gasteiger partial charge is 0.480 e. The molecule has 0 bridgehead atoms. The van der Waals surface area contributed by atoms with Crippen LogP contribution in [0.3, 0.4) is 0 Å². The van der Waals surface area contributed by atoms with E-state index < -0.39 is 18.1 Å². The first kappa shape index (κ1) is 21.0. The minimum Gasteiger partial charge on any atom is -0.480 e. The predicted molar refractivity (Wildman–Crippen MR) is 124 cm³/mol. The van der Waals surface area contributed by atoms with Crippen LogP contribution >= 0.6 is 23.1 Å². The number of fused-ring (bicyclic) bond motifs is 1. The van der Waals surface area contributed by atoms with Gasteiger partial charge in [0.05, 0.1) is 33.4 Å². The van der Waals surface area contributed by atoms with Gasteiger partial charge in [-0.25, -0.2) is 9.78 Å². The third kappa shape index (κ3) is 4.46. The van der Waals surface area contributed by atoms with Crippen LogP contribution in [0.15, 0.2) is 60.8 Å².